The van der Waals surface area contributed by atoms with Crippen LogP contribution in [0.4, 0.5) is 0 Å². The summed E-state index contributed by atoms with van der Waals surface area (Å²) < 4.78 is 5.65. The number of carbonyl (C=O) groups excluding carboxylic acids is 1. The van der Waals surface area contributed by atoms with E-state index >= 15 is 0 Å². The Balaban J connectivity index is 1.85. The maximum absolute atomic E-state index is 12.3. The first kappa shape index (κ1) is 16.3. The summed E-state index contributed by atoms with van der Waals surface area (Å²) in [6.45, 7) is 3.76. The minimum absolute atomic E-state index is 0.0861. The van der Waals surface area contributed by atoms with E-state index in [-0.39, 0.29) is 12.0 Å². The summed E-state index contributed by atoms with van der Waals surface area (Å²) in [5.74, 6) is -0.680. The van der Waals surface area contributed by atoms with Crippen LogP contribution in [0.2, 0.25) is 0 Å². The molecule has 2 aliphatic heterocycles. The van der Waals surface area contributed by atoms with E-state index in [2.05, 4.69) is 0 Å². The van der Waals surface area contributed by atoms with Crippen molar-refractivity contribution in [2.24, 2.45) is 5.41 Å². The fourth-order valence-electron chi connectivity index (χ4n) is 3.44. The van der Waals surface area contributed by atoms with Gasteiger partial charge < -0.3 is 14.7 Å². The van der Waals surface area contributed by atoms with Gasteiger partial charge in [0.2, 0.25) is 5.91 Å². The summed E-state index contributed by atoms with van der Waals surface area (Å²) in [6.07, 6.45) is 6.84. The third kappa shape index (κ3) is 3.96. The normalized spacial score (nSPS) is 30.1. The zero-order valence-corrected chi connectivity index (χ0v) is 13.0. The SMILES string of the molecule is CCC1(C(=O)O)CCCN(C(=O)CCC2CCCCO2)C1. The Bertz CT molecular complexity index is 378. The topological polar surface area (TPSA) is 66.8 Å². The van der Waals surface area contributed by atoms with Gasteiger partial charge in [-0.2, -0.15) is 0 Å². The summed E-state index contributed by atoms with van der Waals surface area (Å²) in [6, 6.07) is 0. The van der Waals surface area contributed by atoms with Crippen molar-refractivity contribution in [1.29, 1.82) is 0 Å². The molecule has 1 amide bonds. The molecule has 0 aliphatic carbocycles. The molecule has 2 aliphatic rings. The molecular formula is C16H27NO4. The number of hydrogen-bond donors (Lipinski definition) is 1. The highest BCUT2D eigenvalue weighted by Gasteiger charge is 2.41. The smallest absolute Gasteiger partial charge is 0.311 e. The van der Waals surface area contributed by atoms with Crippen LogP contribution in [0.25, 0.3) is 0 Å². The number of carbonyl (C=O) groups is 2. The van der Waals surface area contributed by atoms with Gasteiger partial charge >= 0.3 is 5.97 Å². The third-order valence-electron chi connectivity index (χ3n) is 5.01. The van der Waals surface area contributed by atoms with E-state index in [4.69, 9.17) is 4.74 Å². The van der Waals surface area contributed by atoms with Crippen LogP contribution in [-0.2, 0) is 14.3 Å². The fourth-order valence-corrected chi connectivity index (χ4v) is 3.44. The van der Waals surface area contributed by atoms with E-state index in [1.807, 2.05) is 6.92 Å². The van der Waals surface area contributed by atoms with Crippen molar-refractivity contribution in [3.8, 4) is 0 Å². The van der Waals surface area contributed by atoms with Crippen molar-refractivity contribution in [3.05, 3.63) is 0 Å². The monoisotopic (exact) mass is 297 g/mol. The lowest BCUT2D eigenvalue weighted by Crippen LogP contribution is -2.49. The Kier molecular flexibility index (Phi) is 5.62. The number of aliphatic carboxylic acids is 1. The summed E-state index contributed by atoms with van der Waals surface area (Å²) in [5, 5.41) is 9.46. The molecule has 0 saturated carbocycles. The van der Waals surface area contributed by atoms with Crippen LogP contribution >= 0.6 is 0 Å². The first-order valence-electron chi connectivity index (χ1n) is 8.20. The quantitative estimate of drug-likeness (QED) is 0.846. The highest BCUT2D eigenvalue weighted by molar-refractivity contribution is 5.79. The summed E-state index contributed by atoms with van der Waals surface area (Å²) in [4.78, 5) is 25.6. The van der Waals surface area contributed by atoms with Gasteiger partial charge in [0.25, 0.3) is 0 Å². The van der Waals surface area contributed by atoms with Gasteiger partial charge in [0.1, 0.15) is 0 Å². The molecule has 2 fully saturated rings. The second-order valence-electron chi connectivity index (χ2n) is 6.39. The maximum Gasteiger partial charge on any atom is 0.311 e. The van der Waals surface area contributed by atoms with Crippen molar-refractivity contribution < 1.29 is 19.4 Å². The van der Waals surface area contributed by atoms with Gasteiger partial charge in [0.15, 0.2) is 0 Å². The largest absolute Gasteiger partial charge is 0.481 e. The Labute approximate surface area is 126 Å². The van der Waals surface area contributed by atoms with Gasteiger partial charge in [-0.25, -0.2) is 0 Å². The zero-order valence-electron chi connectivity index (χ0n) is 13.0. The van der Waals surface area contributed by atoms with Gasteiger partial charge in [0, 0.05) is 26.1 Å². The average Bonchev–Trinajstić information content (AvgIpc) is 2.53. The lowest BCUT2D eigenvalue weighted by atomic mass is 9.77. The molecule has 2 saturated heterocycles. The first-order chi connectivity index (χ1) is 10.1. The number of hydrogen-bond acceptors (Lipinski definition) is 3. The molecule has 0 radical (unpaired) electrons. The number of nitrogens with zero attached hydrogens (tertiary/aromatic N) is 1. The molecule has 5 heteroatoms. The van der Waals surface area contributed by atoms with E-state index in [9.17, 15) is 14.7 Å². The fraction of sp³-hybridized carbons (Fsp3) is 0.875. The minimum Gasteiger partial charge on any atom is -0.481 e. The van der Waals surface area contributed by atoms with Crippen LogP contribution in [0.3, 0.4) is 0 Å². The third-order valence-corrected chi connectivity index (χ3v) is 5.01. The van der Waals surface area contributed by atoms with Crippen LogP contribution in [0.15, 0.2) is 0 Å². The lowest BCUT2D eigenvalue weighted by Gasteiger charge is -2.39. The van der Waals surface area contributed by atoms with Crippen LogP contribution in [0.5, 0.6) is 0 Å². The van der Waals surface area contributed by atoms with Gasteiger partial charge in [-0.1, -0.05) is 6.92 Å². The van der Waals surface area contributed by atoms with Crippen molar-refractivity contribution >= 4 is 11.9 Å². The molecule has 0 aromatic rings. The number of carboxylic acid groups (broad SMARTS) is 1. The van der Waals surface area contributed by atoms with Crippen LogP contribution in [-0.4, -0.2) is 47.7 Å². The molecule has 2 atom stereocenters. The van der Waals surface area contributed by atoms with Gasteiger partial charge in [-0.05, 0) is 44.9 Å². The number of piperidine rings is 1. The van der Waals surface area contributed by atoms with E-state index in [0.29, 0.717) is 32.4 Å². The second kappa shape index (κ2) is 7.25. The highest BCUT2D eigenvalue weighted by atomic mass is 16.5. The Morgan fingerprint density at radius 2 is 2.14 bits per heavy atom. The van der Waals surface area contributed by atoms with E-state index in [1.54, 1.807) is 4.90 Å². The Morgan fingerprint density at radius 1 is 1.33 bits per heavy atom. The molecular weight excluding hydrogens is 270 g/mol. The van der Waals surface area contributed by atoms with E-state index in [0.717, 1.165) is 32.3 Å². The zero-order chi connectivity index (χ0) is 15.3. The summed E-state index contributed by atoms with van der Waals surface area (Å²) in [5.41, 5.74) is -0.741. The summed E-state index contributed by atoms with van der Waals surface area (Å²) in [7, 11) is 0. The minimum atomic E-state index is -0.766. The Hall–Kier alpha value is -1.10. The molecule has 0 bridgehead atoms. The maximum atomic E-state index is 12.3. The molecule has 1 N–H and O–H groups in total. The highest BCUT2D eigenvalue weighted by Crippen LogP contribution is 2.34. The van der Waals surface area contributed by atoms with Crippen LogP contribution in [0.1, 0.15) is 58.3 Å². The van der Waals surface area contributed by atoms with Crippen molar-refractivity contribution in [2.45, 2.75) is 64.4 Å². The second-order valence-corrected chi connectivity index (χ2v) is 6.39. The van der Waals surface area contributed by atoms with Crippen molar-refractivity contribution in [3.63, 3.8) is 0 Å². The van der Waals surface area contributed by atoms with Crippen LogP contribution < -0.4 is 0 Å². The first-order valence-corrected chi connectivity index (χ1v) is 8.20. The van der Waals surface area contributed by atoms with E-state index in [1.165, 1.54) is 6.42 Å². The van der Waals surface area contributed by atoms with Crippen molar-refractivity contribution in [1.82, 2.24) is 4.90 Å². The van der Waals surface area contributed by atoms with Gasteiger partial charge in [0.05, 0.1) is 11.5 Å². The number of rotatable bonds is 5. The number of carboxylic acids is 1. The molecule has 2 rings (SSSR count). The molecule has 21 heavy (non-hydrogen) atoms. The standard InChI is InChI=1S/C16H27NO4/c1-2-16(15(19)20)9-5-10-17(12-16)14(18)8-7-13-6-3-4-11-21-13/h13H,2-12H2,1H3,(H,19,20). The number of ether oxygens (including phenoxy) is 1. The van der Waals surface area contributed by atoms with Crippen LogP contribution in [0, 0.1) is 5.41 Å². The molecule has 2 unspecified atom stereocenters. The van der Waals surface area contributed by atoms with Crippen molar-refractivity contribution in [2.75, 3.05) is 19.7 Å². The molecule has 2 heterocycles. The predicted molar refractivity (Wildman–Crippen MR) is 79.0 cm³/mol. The number of amides is 1. The van der Waals surface area contributed by atoms with Gasteiger partial charge in [-0.3, -0.25) is 9.59 Å². The Morgan fingerprint density at radius 3 is 2.76 bits per heavy atom. The number of likely N-dealkylation sites (tertiary alicyclic amines) is 1. The molecule has 0 spiro atoms. The molecule has 5 nitrogen and oxygen atoms in total. The molecule has 0 aromatic carbocycles. The van der Waals surface area contributed by atoms with Gasteiger partial charge in [-0.15, -0.1) is 0 Å². The molecule has 120 valence electrons. The molecule has 0 aromatic heterocycles. The average molecular weight is 297 g/mol. The predicted octanol–water partition coefficient (Wildman–Crippen LogP) is 2.44. The summed E-state index contributed by atoms with van der Waals surface area (Å²) >= 11 is 0. The lowest BCUT2D eigenvalue weighted by molar-refractivity contribution is -0.155. The van der Waals surface area contributed by atoms with E-state index < -0.39 is 11.4 Å².